The van der Waals surface area contributed by atoms with Gasteiger partial charge in [-0.05, 0) is 35.9 Å². The largest absolute Gasteiger partial charge is 0.382 e. The van der Waals surface area contributed by atoms with E-state index < -0.39 is 6.10 Å². The third kappa shape index (κ3) is 2.03. The van der Waals surface area contributed by atoms with Crippen LogP contribution in [0, 0.1) is 0 Å². The molecule has 2 heterocycles. The summed E-state index contributed by atoms with van der Waals surface area (Å²) in [5.41, 5.74) is 1.12. The summed E-state index contributed by atoms with van der Waals surface area (Å²) in [6.07, 6.45) is 4.85. The highest BCUT2D eigenvalue weighted by Crippen LogP contribution is 2.35. The molecule has 1 saturated carbocycles. The summed E-state index contributed by atoms with van der Waals surface area (Å²) in [6, 6.07) is 7.65. The van der Waals surface area contributed by atoms with Crippen LogP contribution in [0.4, 0.5) is 0 Å². The van der Waals surface area contributed by atoms with Crippen molar-refractivity contribution >= 4 is 10.8 Å². The van der Waals surface area contributed by atoms with Crippen LogP contribution in [0.25, 0.3) is 10.8 Å². The van der Waals surface area contributed by atoms with Crippen molar-refractivity contribution in [3.05, 3.63) is 58.3 Å². The topological polar surface area (TPSA) is 72.9 Å². The van der Waals surface area contributed by atoms with Crippen molar-refractivity contribution in [2.24, 2.45) is 7.05 Å². The second-order valence-electron chi connectivity index (χ2n) is 5.80. The number of benzene rings is 1. The van der Waals surface area contributed by atoms with Gasteiger partial charge in [0.15, 0.2) is 0 Å². The van der Waals surface area contributed by atoms with Gasteiger partial charge in [-0.2, -0.15) is 0 Å². The van der Waals surface area contributed by atoms with E-state index in [4.69, 9.17) is 0 Å². The molecule has 1 aliphatic rings. The monoisotopic (exact) mass is 296 g/mol. The molecule has 0 saturated heterocycles. The Kier molecular flexibility index (Phi) is 2.87. The normalized spacial score (nSPS) is 16.1. The van der Waals surface area contributed by atoms with E-state index in [0.29, 0.717) is 22.7 Å². The number of aryl methyl sites for hydroxylation is 1. The fourth-order valence-corrected chi connectivity index (χ4v) is 2.73. The number of fused-ring (bicyclic) bond motifs is 1. The Bertz CT molecular complexity index is 908. The molecule has 0 bridgehead atoms. The highest BCUT2D eigenvalue weighted by molar-refractivity contribution is 5.85. The van der Waals surface area contributed by atoms with Crippen LogP contribution in [0.15, 0.2) is 41.5 Å². The zero-order chi connectivity index (χ0) is 15.3. The molecule has 3 aromatic rings. The van der Waals surface area contributed by atoms with Gasteiger partial charge in [0, 0.05) is 18.6 Å². The van der Waals surface area contributed by atoms with Crippen LogP contribution in [0.3, 0.4) is 0 Å². The lowest BCUT2D eigenvalue weighted by Crippen LogP contribution is -2.16. The summed E-state index contributed by atoms with van der Waals surface area (Å²) in [7, 11) is 1.71. The van der Waals surface area contributed by atoms with Gasteiger partial charge < -0.3 is 9.67 Å². The summed E-state index contributed by atoms with van der Waals surface area (Å²) in [6.45, 7) is 0. The van der Waals surface area contributed by atoms with Gasteiger partial charge in [0.25, 0.3) is 5.56 Å². The number of nitrogens with zero attached hydrogens (tertiary/aromatic N) is 4. The molecule has 0 aliphatic heterocycles. The minimum Gasteiger partial charge on any atom is -0.382 e. The molecule has 0 spiro atoms. The van der Waals surface area contributed by atoms with E-state index in [1.165, 1.54) is 4.57 Å². The van der Waals surface area contributed by atoms with Crippen molar-refractivity contribution in [1.29, 1.82) is 0 Å². The number of aromatic nitrogens is 4. The van der Waals surface area contributed by atoms with Crippen molar-refractivity contribution in [2.75, 3.05) is 0 Å². The Labute approximate surface area is 126 Å². The smallest absolute Gasteiger partial charge is 0.258 e. The van der Waals surface area contributed by atoms with E-state index in [1.807, 2.05) is 16.8 Å². The Morgan fingerprint density at radius 3 is 2.86 bits per heavy atom. The Balaban J connectivity index is 1.82. The van der Waals surface area contributed by atoms with Crippen molar-refractivity contribution in [3.8, 4) is 0 Å². The number of aliphatic hydroxyl groups excluding tert-OH is 1. The summed E-state index contributed by atoms with van der Waals surface area (Å²) in [4.78, 5) is 12.2. The molecule has 0 radical (unpaired) electrons. The summed E-state index contributed by atoms with van der Waals surface area (Å²) in [5.74, 6) is 0. The first-order valence-electron chi connectivity index (χ1n) is 7.33. The van der Waals surface area contributed by atoms with Crippen LogP contribution in [-0.2, 0) is 7.05 Å². The van der Waals surface area contributed by atoms with Crippen molar-refractivity contribution in [3.63, 3.8) is 0 Å². The second-order valence-corrected chi connectivity index (χ2v) is 5.80. The molecule has 0 amide bonds. The lowest BCUT2D eigenvalue weighted by molar-refractivity contribution is 0.216. The predicted octanol–water partition coefficient (Wildman–Crippen LogP) is 1.55. The summed E-state index contributed by atoms with van der Waals surface area (Å²) < 4.78 is 3.34. The third-order valence-electron chi connectivity index (χ3n) is 4.18. The second kappa shape index (κ2) is 4.78. The minimum absolute atomic E-state index is 0.0758. The SMILES string of the molecule is Cn1ccc2c(C(O)c3cn(C4CC4)nn3)cccc2c1=O. The Hall–Kier alpha value is -2.47. The molecule has 1 aromatic carbocycles. The molecular formula is C16H16N4O2. The van der Waals surface area contributed by atoms with Crippen LogP contribution in [-0.4, -0.2) is 24.7 Å². The number of aliphatic hydroxyl groups is 1. The molecule has 1 fully saturated rings. The molecule has 1 atom stereocenters. The van der Waals surface area contributed by atoms with E-state index in [2.05, 4.69) is 10.3 Å². The number of hydrogen-bond donors (Lipinski definition) is 1. The molecule has 1 N–H and O–H groups in total. The van der Waals surface area contributed by atoms with Crippen molar-refractivity contribution in [2.45, 2.75) is 25.0 Å². The first kappa shape index (κ1) is 13.2. The summed E-state index contributed by atoms with van der Waals surface area (Å²) in [5, 5.41) is 20.1. The maximum Gasteiger partial charge on any atom is 0.258 e. The molecule has 1 aliphatic carbocycles. The molecule has 1 unspecified atom stereocenters. The van der Waals surface area contributed by atoms with Crippen LogP contribution in [0.5, 0.6) is 0 Å². The zero-order valence-electron chi connectivity index (χ0n) is 12.2. The van der Waals surface area contributed by atoms with Gasteiger partial charge in [-0.25, -0.2) is 4.68 Å². The standard InChI is InChI=1S/C16H16N4O2/c1-19-8-7-11-12(3-2-4-13(11)16(19)22)15(21)14-9-20(18-17-14)10-5-6-10/h2-4,7-10,15,21H,5-6H2,1H3. The maximum atomic E-state index is 12.2. The van der Waals surface area contributed by atoms with Crippen LogP contribution < -0.4 is 5.56 Å². The first-order chi connectivity index (χ1) is 10.6. The molecule has 22 heavy (non-hydrogen) atoms. The quantitative estimate of drug-likeness (QED) is 0.796. The van der Waals surface area contributed by atoms with Crippen LogP contribution in [0.2, 0.25) is 0 Å². The fraction of sp³-hybridized carbons (Fsp3) is 0.312. The van der Waals surface area contributed by atoms with Gasteiger partial charge in [-0.1, -0.05) is 17.3 Å². The molecule has 112 valence electrons. The third-order valence-corrected chi connectivity index (χ3v) is 4.18. The van der Waals surface area contributed by atoms with Gasteiger partial charge in [0.1, 0.15) is 11.8 Å². The highest BCUT2D eigenvalue weighted by atomic mass is 16.3. The van der Waals surface area contributed by atoms with Crippen molar-refractivity contribution in [1.82, 2.24) is 19.6 Å². The Morgan fingerprint density at radius 2 is 2.09 bits per heavy atom. The first-order valence-corrected chi connectivity index (χ1v) is 7.33. The fourth-order valence-electron chi connectivity index (χ4n) is 2.73. The van der Waals surface area contributed by atoms with Gasteiger partial charge in [-0.15, -0.1) is 5.10 Å². The Morgan fingerprint density at radius 1 is 1.27 bits per heavy atom. The molecule has 6 heteroatoms. The van der Waals surface area contributed by atoms with Crippen LogP contribution in [0.1, 0.15) is 36.2 Å². The molecule has 2 aromatic heterocycles. The molecule has 4 rings (SSSR count). The van der Waals surface area contributed by atoms with Gasteiger partial charge >= 0.3 is 0 Å². The van der Waals surface area contributed by atoms with E-state index in [-0.39, 0.29) is 5.56 Å². The van der Waals surface area contributed by atoms with E-state index >= 15 is 0 Å². The van der Waals surface area contributed by atoms with Crippen molar-refractivity contribution < 1.29 is 5.11 Å². The predicted molar refractivity (Wildman–Crippen MR) is 81.5 cm³/mol. The zero-order valence-corrected chi connectivity index (χ0v) is 12.2. The van der Waals surface area contributed by atoms with Gasteiger partial charge in [0.2, 0.25) is 0 Å². The summed E-state index contributed by atoms with van der Waals surface area (Å²) >= 11 is 0. The van der Waals surface area contributed by atoms with E-state index in [9.17, 15) is 9.90 Å². The van der Waals surface area contributed by atoms with Gasteiger partial charge in [-0.3, -0.25) is 4.79 Å². The maximum absolute atomic E-state index is 12.2. The number of pyridine rings is 1. The molecule has 6 nitrogen and oxygen atoms in total. The minimum atomic E-state index is -0.886. The molecular weight excluding hydrogens is 280 g/mol. The number of hydrogen-bond acceptors (Lipinski definition) is 4. The lowest BCUT2D eigenvalue weighted by Gasteiger charge is -2.11. The lowest BCUT2D eigenvalue weighted by atomic mass is 10.00. The number of rotatable bonds is 3. The van der Waals surface area contributed by atoms with Crippen LogP contribution >= 0.6 is 0 Å². The van der Waals surface area contributed by atoms with E-state index in [0.717, 1.165) is 18.2 Å². The van der Waals surface area contributed by atoms with E-state index in [1.54, 1.807) is 31.6 Å². The van der Waals surface area contributed by atoms with Gasteiger partial charge in [0.05, 0.1) is 12.2 Å². The average Bonchev–Trinajstić information content (AvgIpc) is 3.27. The highest BCUT2D eigenvalue weighted by Gasteiger charge is 2.26. The average molecular weight is 296 g/mol.